The molecule has 4 aromatic rings. The first kappa shape index (κ1) is 19.1. The number of nitrogens with zero attached hydrogens (tertiary/aromatic N) is 4. The average Bonchev–Trinajstić information content (AvgIpc) is 3.16. The number of carbonyl (C=O) groups is 1. The number of rotatable bonds is 4. The Balaban J connectivity index is 1.69. The third kappa shape index (κ3) is 3.84. The number of hydrogen-bond donors (Lipinski definition) is 1. The Labute approximate surface area is 173 Å². The van der Waals surface area contributed by atoms with Crippen molar-refractivity contribution < 1.29 is 4.79 Å². The molecule has 0 unspecified atom stereocenters. The summed E-state index contributed by atoms with van der Waals surface area (Å²) >= 11 is 5.99. The van der Waals surface area contributed by atoms with Crippen molar-refractivity contribution in [1.82, 2.24) is 24.9 Å². The number of nitrogens with one attached hydrogen (secondary N) is 1. The number of fused-ring (bicyclic) bond motifs is 1. The highest BCUT2D eigenvalue weighted by atomic mass is 35.5. The molecule has 1 amide bonds. The summed E-state index contributed by atoms with van der Waals surface area (Å²) in [6, 6.07) is 15.1. The zero-order valence-corrected chi connectivity index (χ0v) is 17.1. The molecule has 29 heavy (non-hydrogen) atoms. The number of halogens is 1. The molecule has 0 radical (unpaired) electrons. The second kappa shape index (κ2) is 7.64. The van der Waals surface area contributed by atoms with Crippen LogP contribution >= 0.6 is 11.6 Å². The fraction of sp³-hybridized carbons (Fsp3) is 0.182. The molecule has 2 aromatic heterocycles. The van der Waals surface area contributed by atoms with E-state index >= 15 is 0 Å². The maximum atomic E-state index is 13.1. The van der Waals surface area contributed by atoms with E-state index in [1.165, 1.54) is 16.4 Å². The lowest BCUT2D eigenvalue weighted by atomic mass is 10.00. The third-order valence-corrected chi connectivity index (χ3v) is 5.12. The van der Waals surface area contributed by atoms with Gasteiger partial charge in [0.15, 0.2) is 0 Å². The lowest BCUT2D eigenvalue weighted by Crippen LogP contribution is -2.29. The third-order valence-electron chi connectivity index (χ3n) is 4.86. The summed E-state index contributed by atoms with van der Waals surface area (Å²) in [5, 5.41) is 7.86. The van der Waals surface area contributed by atoms with Crippen molar-refractivity contribution in [2.75, 3.05) is 0 Å². The number of amides is 1. The second-order valence-corrected chi connectivity index (χ2v) is 7.50. The topological polar surface area (TPSA) is 72.2 Å². The van der Waals surface area contributed by atoms with Gasteiger partial charge in [-0.05, 0) is 50.1 Å². The summed E-state index contributed by atoms with van der Waals surface area (Å²) in [6.07, 6.45) is 1.39. The standard InChI is InChI=1S/C22H20ClN5O/c1-13-4-9-18(14(2)10-13)15(3)26-21(29)20-11-19(16-5-7-17(23)8-6-16)27-22-24-12-25-28(20)22/h4-12,15H,1-3H3,(H,26,29)/t15-/m0/s1. The first-order chi connectivity index (χ1) is 13.9. The van der Waals surface area contributed by atoms with Crippen molar-refractivity contribution in [3.8, 4) is 11.3 Å². The molecular weight excluding hydrogens is 386 g/mol. The van der Waals surface area contributed by atoms with E-state index in [9.17, 15) is 4.79 Å². The van der Waals surface area contributed by atoms with Gasteiger partial charge in [0.1, 0.15) is 12.0 Å². The lowest BCUT2D eigenvalue weighted by molar-refractivity contribution is 0.0932. The maximum Gasteiger partial charge on any atom is 0.270 e. The quantitative estimate of drug-likeness (QED) is 0.540. The molecule has 6 nitrogen and oxygen atoms in total. The van der Waals surface area contributed by atoms with Crippen LogP contribution in [0.25, 0.3) is 17.0 Å². The summed E-state index contributed by atoms with van der Waals surface area (Å²) in [5.74, 6) is 0.118. The molecule has 1 atom stereocenters. The van der Waals surface area contributed by atoms with Crippen LogP contribution in [0.5, 0.6) is 0 Å². The number of hydrogen-bond acceptors (Lipinski definition) is 4. The van der Waals surface area contributed by atoms with Crippen LogP contribution in [0.4, 0.5) is 0 Å². The summed E-state index contributed by atoms with van der Waals surface area (Å²) in [7, 11) is 0. The van der Waals surface area contributed by atoms with Crippen LogP contribution in [0.15, 0.2) is 54.9 Å². The Hall–Kier alpha value is -3.25. The van der Waals surface area contributed by atoms with Crippen LogP contribution in [-0.2, 0) is 0 Å². The minimum Gasteiger partial charge on any atom is -0.344 e. The van der Waals surface area contributed by atoms with Gasteiger partial charge in [-0.15, -0.1) is 0 Å². The fourth-order valence-electron chi connectivity index (χ4n) is 3.40. The van der Waals surface area contributed by atoms with Crippen LogP contribution < -0.4 is 5.32 Å². The van der Waals surface area contributed by atoms with Gasteiger partial charge in [-0.2, -0.15) is 14.6 Å². The van der Waals surface area contributed by atoms with E-state index in [2.05, 4.69) is 33.4 Å². The summed E-state index contributed by atoms with van der Waals surface area (Å²) in [5.41, 5.74) is 5.25. The van der Waals surface area contributed by atoms with E-state index in [1.807, 2.05) is 38.1 Å². The van der Waals surface area contributed by atoms with Gasteiger partial charge in [0.05, 0.1) is 11.7 Å². The highest BCUT2D eigenvalue weighted by Gasteiger charge is 2.19. The van der Waals surface area contributed by atoms with Crippen LogP contribution in [0, 0.1) is 13.8 Å². The molecule has 1 N–H and O–H groups in total. The number of carbonyl (C=O) groups excluding carboxylic acids is 1. The zero-order valence-electron chi connectivity index (χ0n) is 16.3. The molecule has 0 aliphatic heterocycles. The molecule has 2 heterocycles. The molecule has 4 rings (SSSR count). The van der Waals surface area contributed by atoms with Crippen molar-refractivity contribution in [3.05, 3.63) is 82.3 Å². The van der Waals surface area contributed by atoms with Gasteiger partial charge >= 0.3 is 0 Å². The van der Waals surface area contributed by atoms with Crippen molar-refractivity contribution in [2.45, 2.75) is 26.8 Å². The molecular formula is C22H20ClN5O. The van der Waals surface area contributed by atoms with Gasteiger partial charge < -0.3 is 5.32 Å². The van der Waals surface area contributed by atoms with Gasteiger partial charge in [0.25, 0.3) is 11.7 Å². The minimum absolute atomic E-state index is 0.159. The molecule has 0 saturated carbocycles. The number of aryl methyl sites for hydroxylation is 2. The Morgan fingerprint density at radius 1 is 1.10 bits per heavy atom. The predicted molar refractivity (Wildman–Crippen MR) is 113 cm³/mol. The fourth-order valence-corrected chi connectivity index (χ4v) is 3.53. The normalized spacial score (nSPS) is 12.1. The SMILES string of the molecule is Cc1ccc([C@H](C)NC(=O)c2cc(-c3ccc(Cl)cc3)nc3ncnn23)c(C)c1. The summed E-state index contributed by atoms with van der Waals surface area (Å²) in [6.45, 7) is 6.07. The van der Waals surface area contributed by atoms with E-state index in [0.717, 1.165) is 16.7 Å². The average molecular weight is 406 g/mol. The van der Waals surface area contributed by atoms with Crippen LogP contribution in [0.2, 0.25) is 5.02 Å². The van der Waals surface area contributed by atoms with Gasteiger partial charge in [-0.25, -0.2) is 4.98 Å². The Kier molecular flexibility index (Phi) is 5.03. The van der Waals surface area contributed by atoms with E-state index in [0.29, 0.717) is 22.2 Å². The van der Waals surface area contributed by atoms with Gasteiger partial charge in [0.2, 0.25) is 0 Å². The first-order valence-corrected chi connectivity index (χ1v) is 9.65. The molecule has 146 valence electrons. The number of aromatic nitrogens is 4. The summed E-state index contributed by atoms with van der Waals surface area (Å²) in [4.78, 5) is 21.8. The molecule has 7 heteroatoms. The van der Waals surface area contributed by atoms with E-state index in [1.54, 1.807) is 18.2 Å². The molecule has 0 fully saturated rings. The van der Waals surface area contributed by atoms with Gasteiger partial charge in [-0.1, -0.05) is 47.5 Å². The predicted octanol–water partition coefficient (Wildman–Crippen LogP) is 4.55. The molecule has 2 aromatic carbocycles. The zero-order chi connectivity index (χ0) is 20.5. The van der Waals surface area contributed by atoms with E-state index in [4.69, 9.17) is 11.6 Å². The highest BCUT2D eigenvalue weighted by molar-refractivity contribution is 6.30. The lowest BCUT2D eigenvalue weighted by Gasteiger charge is -2.17. The molecule has 0 bridgehead atoms. The Morgan fingerprint density at radius 3 is 2.59 bits per heavy atom. The summed E-state index contributed by atoms with van der Waals surface area (Å²) < 4.78 is 1.45. The van der Waals surface area contributed by atoms with Gasteiger partial charge in [-0.3, -0.25) is 4.79 Å². The minimum atomic E-state index is -0.245. The van der Waals surface area contributed by atoms with Gasteiger partial charge in [0, 0.05) is 10.6 Å². The van der Waals surface area contributed by atoms with Crippen LogP contribution in [-0.4, -0.2) is 25.5 Å². The maximum absolute atomic E-state index is 13.1. The largest absolute Gasteiger partial charge is 0.344 e. The Morgan fingerprint density at radius 2 is 1.86 bits per heavy atom. The molecule has 0 saturated heterocycles. The van der Waals surface area contributed by atoms with Crippen molar-refractivity contribution in [1.29, 1.82) is 0 Å². The van der Waals surface area contributed by atoms with Crippen molar-refractivity contribution >= 4 is 23.3 Å². The molecule has 0 aliphatic rings. The monoisotopic (exact) mass is 405 g/mol. The first-order valence-electron chi connectivity index (χ1n) is 9.27. The van der Waals surface area contributed by atoms with Crippen molar-refractivity contribution in [3.63, 3.8) is 0 Å². The van der Waals surface area contributed by atoms with Crippen LogP contribution in [0.3, 0.4) is 0 Å². The molecule has 0 aliphatic carbocycles. The van der Waals surface area contributed by atoms with Crippen molar-refractivity contribution in [2.24, 2.45) is 0 Å². The number of benzene rings is 2. The van der Waals surface area contributed by atoms with E-state index in [-0.39, 0.29) is 11.9 Å². The van der Waals surface area contributed by atoms with Crippen LogP contribution in [0.1, 0.15) is 40.1 Å². The van der Waals surface area contributed by atoms with E-state index < -0.39 is 0 Å². The highest BCUT2D eigenvalue weighted by Crippen LogP contribution is 2.23. The molecule has 0 spiro atoms. The second-order valence-electron chi connectivity index (χ2n) is 7.06. The Bertz CT molecular complexity index is 1200. The smallest absolute Gasteiger partial charge is 0.270 e.